The lowest BCUT2D eigenvalue weighted by Crippen LogP contribution is -1.99. The molecule has 68 valence electrons. The van der Waals surface area contributed by atoms with Crippen LogP contribution in [0.25, 0.3) is 5.65 Å². The average molecular weight is 197 g/mol. The molecule has 5 heteroatoms. The molecule has 0 unspecified atom stereocenters. The Labute approximate surface area is 80.5 Å². The molecule has 0 fully saturated rings. The van der Waals surface area contributed by atoms with Crippen molar-refractivity contribution in [3.63, 3.8) is 0 Å². The third-order valence-electron chi connectivity index (χ3n) is 1.80. The summed E-state index contributed by atoms with van der Waals surface area (Å²) in [5.74, 6) is 1.12. The van der Waals surface area contributed by atoms with Crippen LogP contribution in [0.3, 0.4) is 0 Å². The van der Waals surface area contributed by atoms with Crippen LogP contribution in [-0.4, -0.2) is 19.8 Å². The molecular weight excluding hydrogens is 188 g/mol. The molecule has 0 saturated carbocycles. The topological polar surface area (TPSA) is 43.1 Å². The summed E-state index contributed by atoms with van der Waals surface area (Å²) in [7, 11) is 0. The van der Waals surface area contributed by atoms with Crippen molar-refractivity contribution in [2.24, 2.45) is 0 Å². The van der Waals surface area contributed by atoms with Gasteiger partial charge in [-0.2, -0.15) is 9.61 Å². The molecule has 0 aromatic carbocycles. The van der Waals surface area contributed by atoms with Crippen LogP contribution >= 0.6 is 11.6 Å². The van der Waals surface area contributed by atoms with Crippen molar-refractivity contribution >= 4 is 17.2 Å². The summed E-state index contributed by atoms with van der Waals surface area (Å²) >= 11 is 5.91. The molecule has 0 bridgehead atoms. The van der Waals surface area contributed by atoms with Crippen molar-refractivity contribution in [3.05, 3.63) is 23.1 Å². The average Bonchev–Trinajstić information content (AvgIpc) is 2.48. The first-order chi connectivity index (χ1) is 6.20. The fourth-order valence-electron chi connectivity index (χ4n) is 1.15. The van der Waals surface area contributed by atoms with Gasteiger partial charge in [0.05, 0.1) is 5.02 Å². The predicted octanol–water partition coefficient (Wildman–Crippen LogP) is 1.90. The van der Waals surface area contributed by atoms with E-state index in [9.17, 15) is 0 Å². The minimum absolute atomic E-state index is 0.293. The fraction of sp³-hybridized carbons (Fsp3) is 0.375. The molecule has 2 aromatic heterocycles. The van der Waals surface area contributed by atoms with E-state index in [0.717, 1.165) is 5.82 Å². The molecule has 0 atom stereocenters. The molecule has 0 aliphatic heterocycles. The van der Waals surface area contributed by atoms with E-state index in [-0.39, 0.29) is 0 Å². The number of nitrogens with zero attached hydrogens (tertiary/aromatic N) is 4. The van der Waals surface area contributed by atoms with Crippen LogP contribution in [0, 0.1) is 0 Å². The molecule has 4 nitrogen and oxygen atoms in total. The van der Waals surface area contributed by atoms with Gasteiger partial charge in [-0.15, -0.1) is 10.2 Å². The Morgan fingerprint density at radius 3 is 2.85 bits per heavy atom. The first-order valence-electron chi connectivity index (χ1n) is 4.06. The zero-order chi connectivity index (χ0) is 9.42. The van der Waals surface area contributed by atoms with Gasteiger partial charge in [0.1, 0.15) is 0 Å². The van der Waals surface area contributed by atoms with Gasteiger partial charge in [-0.05, 0) is 6.07 Å². The van der Waals surface area contributed by atoms with Crippen molar-refractivity contribution in [2.75, 3.05) is 0 Å². The van der Waals surface area contributed by atoms with Crippen LogP contribution < -0.4 is 0 Å². The normalized spacial score (nSPS) is 11.4. The van der Waals surface area contributed by atoms with E-state index in [1.807, 2.05) is 13.8 Å². The highest BCUT2D eigenvalue weighted by atomic mass is 35.5. The lowest BCUT2D eigenvalue weighted by atomic mass is 10.2. The van der Waals surface area contributed by atoms with Gasteiger partial charge in [-0.25, -0.2) is 0 Å². The van der Waals surface area contributed by atoms with Gasteiger partial charge in [-0.1, -0.05) is 25.4 Å². The summed E-state index contributed by atoms with van der Waals surface area (Å²) in [5, 5.41) is 12.7. The lowest BCUT2D eigenvalue weighted by Gasteiger charge is -2.00. The summed E-state index contributed by atoms with van der Waals surface area (Å²) in [6.07, 6.45) is 1.64. The third-order valence-corrected chi connectivity index (χ3v) is 2.09. The summed E-state index contributed by atoms with van der Waals surface area (Å²) in [6, 6.07) is 1.70. The molecule has 0 aliphatic carbocycles. The monoisotopic (exact) mass is 196 g/mol. The third kappa shape index (κ3) is 1.27. The van der Waals surface area contributed by atoms with Crippen LogP contribution in [0.5, 0.6) is 0 Å². The van der Waals surface area contributed by atoms with Gasteiger partial charge < -0.3 is 0 Å². The van der Waals surface area contributed by atoms with E-state index in [2.05, 4.69) is 15.3 Å². The standard InChI is InChI=1S/C8H9ClN4/c1-5(2)7-11-12-8-6(9)3-4-10-13(7)8/h3-5H,1-2H3. The van der Waals surface area contributed by atoms with E-state index in [0.29, 0.717) is 16.6 Å². The van der Waals surface area contributed by atoms with Crippen molar-refractivity contribution in [3.8, 4) is 0 Å². The Morgan fingerprint density at radius 1 is 1.38 bits per heavy atom. The van der Waals surface area contributed by atoms with Crippen molar-refractivity contribution in [1.82, 2.24) is 19.8 Å². The lowest BCUT2D eigenvalue weighted by molar-refractivity contribution is 0.721. The fourth-order valence-corrected chi connectivity index (χ4v) is 1.33. The van der Waals surface area contributed by atoms with Crippen molar-refractivity contribution in [1.29, 1.82) is 0 Å². The maximum absolute atomic E-state index is 5.91. The smallest absolute Gasteiger partial charge is 0.196 e. The van der Waals surface area contributed by atoms with Gasteiger partial charge >= 0.3 is 0 Å². The second-order valence-corrected chi connectivity index (χ2v) is 3.53. The van der Waals surface area contributed by atoms with Crippen molar-refractivity contribution in [2.45, 2.75) is 19.8 Å². The van der Waals surface area contributed by atoms with E-state index >= 15 is 0 Å². The molecular formula is C8H9ClN4. The second-order valence-electron chi connectivity index (χ2n) is 3.13. The van der Waals surface area contributed by atoms with Crippen LogP contribution in [0.4, 0.5) is 0 Å². The van der Waals surface area contributed by atoms with Gasteiger partial charge in [0.2, 0.25) is 0 Å². The number of fused-ring (bicyclic) bond motifs is 1. The number of rotatable bonds is 1. The zero-order valence-corrected chi connectivity index (χ0v) is 8.15. The van der Waals surface area contributed by atoms with Gasteiger partial charge in [0, 0.05) is 12.1 Å². The van der Waals surface area contributed by atoms with Crippen LogP contribution in [0.2, 0.25) is 5.02 Å². The van der Waals surface area contributed by atoms with Crippen LogP contribution in [0.15, 0.2) is 12.3 Å². The molecule has 0 spiro atoms. The highest BCUT2D eigenvalue weighted by Crippen LogP contribution is 2.17. The highest BCUT2D eigenvalue weighted by Gasteiger charge is 2.11. The molecule has 13 heavy (non-hydrogen) atoms. The Hall–Kier alpha value is -1.16. The van der Waals surface area contributed by atoms with E-state index in [1.54, 1.807) is 16.8 Å². The zero-order valence-electron chi connectivity index (χ0n) is 7.40. The van der Waals surface area contributed by atoms with Gasteiger partial charge in [0.25, 0.3) is 0 Å². The highest BCUT2D eigenvalue weighted by molar-refractivity contribution is 6.33. The van der Waals surface area contributed by atoms with E-state index < -0.39 is 0 Å². The Balaban J connectivity index is 2.75. The molecule has 0 radical (unpaired) electrons. The van der Waals surface area contributed by atoms with Gasteiger partial charge in [0.15, 0.2) is 11.5 Å². The predicted molar refractivity (Wildman–Crippen MR) is 49.9 cm³/mol. The second kappa shape index (κ2) is 2.96. The summed E-state index contributed by atoms with van der Waals surface area (Å²) in [6.45, 7) is 4.08. The maximum Gasteiger partial charge on any atom is 0.196 e. The minimum Gasteiger partial charge on any atom is -0.196 e. The SMILES string of the molecule is CC(C)c1nnc2c(Cl)ccnn12. The molecule has 0 aliphatic rings. The molecule has 2 aromatic rings. The summed E-state index contributed by atoms with van der Waals surface area (Å²) in [5.41, 5.74) is 0.618. The minimum atomic E-state index is 0.293. The van der Waals surface area contributed by atoms with Crippen molar-refractivity contribution < 1.29 is 0 Å². The molecule has 0 N–H and O–H groups in total. The van der Waals surface area contributed by atoms with E-state index in [1.165, 1.54) is 0 Å². The number of aromatic nitrogens is 4. The largest absolute Gasteiger partial charge is 0.196 e. The van der Waals surface area contributed by atoms with Gasteiger partial charge in [-0.3, -0.25) is 0 Å². The molecule has 0 saturated heterocycles. The Kier molecular flexibility index (Phi) is 1.92. The summed E-state index contributed by atoms with van der Waals surface area (Å²) in [4.78, 5) is 0. The quantitative estimate of drug-likeness (QED) is 0.700. The maximum atomic E-state index is 5.91. The van der Waals surface area contributed by atoms with Crippen LogP contribution in [-0.2, 0) is 0 Å². The number of hydrogen-bond acceptors (Lipinski definition) is 3. The Morgan fingerprint density at radius 2 is 2.15 bits per heavy atom. The first kappa shape index (κ1) is 8.44. The Bertz CT molecular complexity index is 435. The molecule has 2 rings (SSSR count). The number of hydrogen-bond donors (Lipinski definition) is 0. The number of halogens is 1. The molecule has 0 amide bonds. The molecule has 2 heterocycles. The first-order valence-corrected chi connectivity index (χ1v) is 4.43. The summed E-state index contributed by atoms with van der Waals surface area (Å²) < 4.78 is 1.67. The van der Waals surface area contributed by atoms with E-state index in [4.69, 9.17) is 11.6 Å². The van der Waals surface area contributed by atoms with Crippen LogP contribution in [0.1, 0.15) is 25.6 Å².